The van der Waals surface area contributed by atoms with E-state index in [0.29, 0.717) is 5.56 Å². The smallest absolute Gasteiger partial charge is 0.325 e. The monoisotopic (exact) mass is 345 g/mol. The van der Waals surface area contributed by atoms with Crippen molar-refractivity contribution >= 4 is 23.5 Å². The van der Waals surface area contributed by atoms with Gasteiger partial charge >= 0.3 is 6.03 Å². The normalized spacial score (nSPS) is 19.9. The van der Waals surface area contributed by atoms with E-state index in [-0.39, 0.29) is 11.4 Å². The summed E-state index contributed by atoms with van der Waals surface area (Å²) in [5.41, 5.74) is -0.423. The van der Waals surface area contributed by atoms with Crippen molar-refractivity contribution in [3.8, 4) is 0 Å². The molecule has 2 N–H and O–H groups in total. The molecule has 4 amide bonds. The highest BCUT2D eigenvalue weighted by Crippen LogP contribution is 2.29. The summed E-state index contributed by atoms with van der Waals surface area (Å²) in [7, 11) is 0. The minimum absolute atomic E-state index is 0.273. The van der Waals surface area contributed by atoms with Crippen molar-refractivity contribution in [3.05, 3.63) is 53.7 Å². The molecule has 1 aromatic heterocycles. The second kappa shape index (κ2) is 6.04. The molecule has 8 heteroatoms. The number of nitrogens with one attached hydrogen (secondary N) is 2. The number of hydrogen-bond donors (Lipinski definition) is 2. The SMILES string of the molecule is Cc1ccc(F)cc1NC(=O)CN1C(=O)NC(C)(c2ccco2)C1=O. The van der Waals surface area contributed by atoms with Gasteiger partial charge in [-0.25, -0.2) is 9.18 Å². The number of nitrogens with zero attached hydrogens (tertiary/aromatic N) is 1. The number of aryl methyl sites for hydroxylation is 1. The Morgan fingerprint density at radius 2 is 2.12 bits per heavy atom. The van der Waals surface area contributed by atoms with E-state index in [2.05, 4.69) is 10.6 Å². The van der Waals surface area contributed by atoms with Crippen LogP contribution in [0.2, 0.25) is 0 Å². The number of carbonyl (C=O) groups excluding carboxylic acids is 3. The molecule has 0 aliphatic carbocycles. The average molecular weight is 345 g/mol. The van der Waals surface area contributed by atoms with E-state index in [0.717, 1.165) is 4.90 Å². The first kappa shape index (κ1) is 16.7. The second-order valence-electron chi connectivity index (χ2n) is 5.93. The van der Waals surface area contributed by atoms with Crippen LogP contribution in [0.1, 0.15) is 18.2 Å². The number of amides is 4. The summed E-state index contributed by atoms with van der Waals surface area (Å²) >= 11 is 0. The molecule has 0 saturated carbocycles. The summed E-state index contributed by atoms with van der Waals surface area (Å²) in [6.45, 7) is 2.72. The molecule has 130 valence electrons. The predicted molar refractivity (Wildman–Crippen MR) is 86.1 cm³/mol. The molecule has 1 aliphatic rings. The third-order valence-electron chi connectivity index (χ3n) is 4.06. The molecule has 0 bridgehead atoms. The van der Waals surface area contributed by atoms with Crippen LogP contribution in [0.15, 0.2) is 41.0 Å². The second-order valence-corrected chi connectivity index (χ2v) is 5.93. The van der Waals surface area contributed by atoms with Crippen LogP contribution in [0.4, 0.5) is 14.9 Å². The zero-order valence-electron chi connectivity index (χ0n) is 13.6. The van der Waals surface area contributed by atoms with Crippen LogP contribution in [0.5, 0.6) is 0 Å². The Balaban J connectivity index is 1.74. The van der Waals surface area contributed by atoms with Gasteiger partial charge in [-0.1, -0.05) is 6.07 Å². The summed E-state index contributed by atoms with van der Waals surface area (Å²) in [5.74, 6) is -1.43. The number of urea groups is 1. The first-order chi connectivity index (χ1) is 11.8. The lowest BCUT2D eigenvalue weighted by Crippen LogP contribution is -2.41. The van der Waals surface area contributed by atoms with Crippen molar-refractivity contribution in [3.63, 3.8) is 0 Å². The molecule has 0 radical (unpaired) electrons. The van der Waals surface area contributed by atoms with E-state index < -0.39 is 35.7 Å². The number of anilines is 1. The van der Waals surface area contributed by atoms with Gasteiger partial charge in [-0.2, -0.15) is 0 Å². The minimum atomic E-state index is -1.37. The van der Waals surface area contributed by atoms with Gasteiger partial charge in [0.15, 0.2) is 5.54 Å². The van der Waals surface area contributed by atoms with Gasteiger partial charge < -0.3 is 15.1 Å². The number of furan rings is 1. The van der Waals surface area contributed by atoms with Gasteiger partial charge in [-0.15, -0.1) is 0 Å². The van der Waals surface area contributed by atoms with E-state index in [9.17, 15) is 18.8 Å². The molecule has 1 saturated heterocycles. The van der Waals surface area contributed by atoms with E-state index in [4.69, 9.17) is 4.42 Å². The number of imide groups is 1. The molecule has 1 atom stereocenters. The van der Waals surface area contributed by atoms with Crippen molar-refractivity contribution in [1.82, 2.24) is 10.2 Å². The maximum Gasteiger partial charge on any atom is 0.325 e. The molecule has 3 rings (SSSR count). The number of benzene rings is 1. The zero-order chi connectivity index (χ0) is 18.2. The third kappa shape index (κ3) is 2.98. The quantitative estimate of drug-likeness (QED) is 0.831. The van der Waals surface area contributed by atoms with Crippen LogP contribution in [0.3, 0.4) is 0 Å². The highest BCUT2D eigenvalue weighted by Gasteiger charge is 2.51. The highest BCUT2D eigenvalue weighted by molar-refractivity contribution is 6.10. The minimum Gasteiger partial charge on any atom is -0.466 e. The van der Waals surface area contributed by atoms with Crippen molar-refractivity contribution < 1.29 is 23.2 Å². The third-order valence-corrected chi connectivity index (χ3v) is 4.06. The standard InChI is InChI=1S/C17H16FN3O4/c1-10-5-6-11(18)8-12(10)19-14(22)9-21-15(23)17(2,20-16(21)24)13-4-3-7-25-13/h3-8H,9H2,1-2H3,(H,19,22)(H,20,24). The van der Waals surface area contributed by atoms with Gasteiger partial charge in [0.05, 0.1) is 6.26 Å². The number of hydrogen-bond acceptors (Lipinski definition) is 4. The van der Waals surface area contributed by atoms with E-state index in [1.165, 1.54) is 31.4 Å². The Morgan fingerprint density at radius 1 is 1.36 bits per heavy atom. The lowest BCUT2D eigenvalue weighted by atomic mass is 9.99. The molecule has 1 aliphatic heterocycles. The number of halogens is 1. The first-order valence-corrected chi connectivity index (χ1v) is 7.55. The fraction of sp³-hybridized carbons (Fsp3) is 0.235. The summed E-state index contributed by atoms with van der Waals surface area (Å²) in [5, 5.41) is 5.03. The molecule has 7 nitrogen and oxygen atoms in total. The Hall–Kier alpha value is -3.16. The lowest BCUT2D eigenvalue weighted by molar-refractivity contribution is -0.134. The molecule has 0 spiro atoms. The Bertz CT molecular complexity index is 850. The highest BCUT2D eigenvalue weighted by atomic mass is 19.1. The summed E-state index contributed by atoms with van der Waals surface area (Å²) in [6, 6.07) is 6.44. The molecule has 1 aromatic carbocycles. The molecule has 1 unspecified atom stereocenters. The fourth-order valence-corrected chi connectivity index (χ4v) is 2.63. The van der Waals surface area contributed by atoms with Gasteiger partial charge in [-0.3, -0.25) is 14.5 Å². The van der Waals surface area contributed by atoms with Crippen LogP contribution in [-0.4, -0.2) is 29.3 Å². The molecule has 25 heavy (non-hydrogen) atoms. The van der Waals surface area contributed by atoms with Gasteiger partial charge in [-0.05, 0) is 43.7 Å². The van der Waals surface area contributed by atoms with Crippen molar-refractivity contribution in [2.45, 2.75) is 19.4 Å². The number of carbonyl (C=O) groups is 3. The van der Waals surface area contributed by atoms with Gasteiger partial charge in [0, 0.05) is 5.69 Å². The molecule has 1 fully saturated rings. The van der Waals surface area contributed by atoms with E-state index in [1.807, 2.05) is 0 Å². The molecule has 2 aromatic rings. The summed E-state index contributed by atoms with van der Waals surface area (Å²) < 4.78 is 18.5. The summed E-state index contributed by atoms with van der Waals surface area (Å²) in [4.78, 5) is 37.7. The molecule has 2 heterocycles. The van der Waals surface area contributed by atoms with Gasteiger partial charge in [0.1, 0.15) is 18.1 Å². The molecular weight excluding hydrogens is 329 g/mol. The summed E-state index contributed by atoms with van der Waals surface area (Å²) in [6.07, 6.45) is 1.39. The molecular formula is C17H16FN3O4. The topological polar surface area (TPSA) is 91.7 Å². The van der Waals surface area contributed by atoms with Crippen LogP contribution in [0.25, 0.3) is 0 Å². The van der Waals surface area contributed by atoms with Crippen molar-refractivity contribution in [2.75, 3.05) is 11.9 Å². The predicted octanol–water partition coefficient (Wildman–Crippen LogP) is 2.13. The van der Waals surface area contributed by atoms with Gasteiger partial charge in [0.2, 0.25) is 5.91 Å². The van der Waals surface area contributed by atoms with E-state index in [1.54, 1.807) is 19.1 Å². The zero-order valence-corrected chi connectivity index (χ0v) is 13.6. The largest absolute Gasteiger partial charge is 0.466 e. The van der Waals surface area contributed by atoms with Crippen LogP contribution >= 0.6 is 0 Å². The average Bonchev–Trinajstić information content (AvgIpc) is 3.16. The Labute approximate surface area is 142 Å². The van der Waals surface area contributed by atoms with Gasteiger partial charge in [0.25, 0.3) is 5.91 Å². The maximum atomic E-state index is 13.3. The van der Waals surface area contributed by atoms with Crippen LogP contribution in [0, 0.1) is 12.7 Å². The Kier molecular flexibility index (Phi) is 4.03. The van der Waals surface area contributed by atoms with Crippen LogP contribution in [-0.2, 0) is 15.1 Å². The first-order valence-electron chi connectivity index (χ1n) is 7.55. The number of rotatable bonds is 4. The maximum absolute atomic E-state index is 13.3. The van der Waals surface area contributed by atoms with Crippen LogP contribution < -0.4 is 10.6 Å². The lowest BCUT2D eigenvalue weighted by Gasteiger charge is -2.19. The fourth-order valence-electron chi connectivity index (χ4n) is 2.63. The Morgan fingerprint density at radius 3 is 2.80 bits per heavy atom. The van der Waals surface area contributed by atoms with Crippen molar-refractivity contribution in [1.29, 1.82) is 0 Å². The van der Waals surface area contributed by atoms with Crippen molar-refractivity contribution in [2.24, 2.45) is 0 Å². The van der Waals surface area contributed by atoms with E-state index >= 15 is 0 Å².